The van der Waals surface area contributed by atoms with E-state index in [4.69, 9.17) is 0 Å². The van der Waals surface area contributed by atoms with Crippen molar-refractivity contribution in [1.82, 2.24) is 20.0 Å². The Hall–Kier alpha value is -0.820. The summed E-state index contributed by atoms with van der Waals surface area (Å²) in [7, 11) is 3.93. The third kappa shape index (κ3) is 4.88. The molecule has 1 aromatic rings. The van der Waals surface area contributed by atoms with Crippen molar-refractivity contribution in [3.63, 3.8) is 0 Å². The number of hydrogen-bond donors (Lipinski definition) is 1. The van der Waals surface area contributed by atoms with Crippen molar-refractivity contribution in [3.8, 4) is 0 Å². The molecule has 2 fully saturated rings. The van der Waals surface area contributed by atoms with Gasteiger partial charge in [-0.2, -0.15) is 5.10 Å². The lowest BCUT2D eigenvalue weighted by Gasteiger charge is -2.35. The molecule has 144 valence electrons. The molecule has 0 aromatic carbocycles. The van der Waals surface area contributed by atoms with Gasteiger partial charge in [-0.15, -0.1) is 24.8 Å². The quantitative estimate of drug-likeness (QED) is 0.833. The van der Waals surface area contributed by atoms with Crippen LogP contribution in [-0.2, 0) is 11.8 Å². The second-order valence-electron chi connectivity index (χ2n) is 6.93. The van der Waals surface area contributed by atoms with Gasteiger partial charge in [0.15, 0.2) is 0 Å². The van der Waals surface area contributed by atoms with Crippen molar-refractivity contribution in [2.75, 3.05) is 38.1 Å². The molecule has 2 saturated heterocycles. The van der Waals surface area contributed by atoms with Crippen molar-refractivity contribution >= 4 is 36.5 Å². The van der Waals surface area contributed by atoms with E-state index in [0.29, 0.717) is 0 Å². The van der Waals surface area contributed by atoms with Gasteiger partial charge in [-0.05, 0) is 65.2 Å². The van der Waals surface area contributed by atoms with Crippen LogP contribution >= 0.6 is 24.8 Å². The summed E-state index contributed by atoms with van der Waals surface area (Å²) in [5.74, 6) is 1.99. The highest BCUT2D eigenvalue weighted by atomic mass is 35.5. The largest absolute Gasteiger partial charge is 0.320 e. The van der Waals surface area contributed by atoms with Crippen molar-refractivity contribution in [3.05, 3.63) is 11.8 Å². The first kappa shape index (κ1) is 22.2. The molecule has 2 aliphatic rings. The molecule has 1 atom stereocenters. The molecule has 0 spiro atoms. The van der Waals surface area contributed by atoms with Crippen LogP contribution in [0.15, 0.2) is 6.07 Å². The van der Waals surface area contributed by atoms with E-state index in [1.54, 1.807) is 0 Å². The molecule has 1 unspecified atom stereocenters. The lowest BCUT2D eigenvalue weighted by Crippen LogP contribution is -2.46. The number of carbonyl (C=O) groups is 1. The zero-order valence-corrected chi connectivity index (χ0v) is 17.0. The third-order valence-corrected chi connectivity index (χ3v) is 5.32. The van der Waals surface area contributed by atoms with Crippen LogP contribution in [0, 0.1) is 12.8 Å². The fourth-order valence-electron chi connectivity index (χ4n) is 3.98. The molecule has 0 bridgehead atoms. The maximum absolute atomic E-state index is 12.9. The number of piperidine rings is 1. The predicted molar refractivity (Wildman–Crippen MR) is 106 cm³/mol. The topological polar surface area (TPSA) is 53.4 Å². The minimum absolute atomic E-state index is 0. The first-order chi connectivity index (χ1) is 11.1. The number of hydrogen-bond acceptors (Lipinski definition) is 4. The van der Waals surface area contributed by atoms with Crippen molar-refractivity contribution in [2.45, 2.75) is 38.6 Å². The average Bonchev–Trinajstić information content (AvgIpc) is 3.07. The summed E-state index contributed by atoms with van der Waals surface area (Å²) in [5, 5.41) is 7.61. The number of aromatic nitrogens is 2. The molecule has 1 aromatic heterocycles. The van der Waals surface area contributed by atoms with Gasteiger partial charge < -0.3 is 5.32 Å². The molecular formula is C17H31Cl2N5O. The number of carbonyl (C=O) groups excluding carboxylic acids is 1. The Labute approximate surface area is 163 Å². The Bertz CT molecular complexity index is 557. The molecule has 6 nitrogen and oxygen atoms in total. The Kier molecular flexibility index (Phi) is 8.68. The second kappa shape index (κ2) is 9.76. The highest BCUT2D eigenvalue weighted by Gasteiger charge is 2.38. The molecule has 3 rings (SSSR count). The van der Waals surface area contributed by atoms with Crippen LogP contribution < -0.4 is 10.2 Å². The lowest BCUT2D eigenvalue weighted by atomic mass is 9.92. The Morgan fingerprint density at radius 1 is 1.20 bits per heavy atom. The summed E-state index contributed by atoms with van der Waals surface area (Å²) >= 11 is 0. The zero-order chi connectivity index (χ0) is 16.4. The molecule has 25 heavy (non-hydrogen) atoms. The molecule has 1 N–H and O–H groups in total. The predicted octanol–water partition coefficient (Wildman–Crippen LogP) is 2.00. The third-order valence-electron chi connectivity index (χ3n) is 5.32. The van der Waals surface area contributed by atoms with E-state index in [2.05, 4.69) is 15.3 Å². The van der Waals surface area contributed by atoms with E-state index in [0.717, 1.165) is 50.0 Å². The fourth-order valence-corrected chi connectivity index (χ4v) is 3.98. The standard InChI is InChI=1S/C17H29N5O.2ClH/c1-13-12-16(20(3)19-13)22-11-7-15(17(22)23)21-9-5-14(6-10-21)4-8-18-2;;/h12,14-15,18H,4-11H2,1-3H3;2*1H. The summed E-state index contributed by atoms with van der Waals surface area (Å²) in [5.41, 5.74) is 0.962. The number of nitrogens with zero attached hydrogens (tertiary/aromatic N) is 4. The Morgan fingerprint density at radius 3 is 2.44 bits per heavy atom. The van der Waals surface area contributed by atoms with Crippen LogP contribution in [-0.4, -0.2) is 59.9 Å². The van der Waals surface area contributed by atoms with Gasteiger partial charge in [-0.25, -0.2) is 0 Å². The van der Waals surface area contributed by atoms with Crippen LogP contribution in [0.3, 0.4) is 0 Å². The van der Waals surface area contributed by atoms with Crippen LogP contribution in [0.1, 0.15) is 31.4 Å². The number of aryl methyl sites for hydroxylation is 2. The fraction of sp³-hybridized carbons (Fsp3) is 0.765. The van der Waals surface area contributed by atoms with Crippen LogP contribution in [0.4, 0.5) is 5.82 Å². The van der Waals surface area contributed by atoms with Crippen molar-refractivity contribution in [2.24, 2.45) is 13.0 Å². The molecule has 0 aliphatic carbocycles. The van der Waals surface area contributed by atoms with Crippen molar-refractivity contribution < 1.29 is 4.79 Å². The minimum Gasteiger partial charge on any atom is -0.320 e. The number of halogens is 2. The monoisotopic (exact) mass is 391 g/mol. The molecule has 2 aliphatic heterocycles. The van der Waals surface area contributed by atoms with E-state index in [1.165, 1.54) is 19.3 Å². The molecule has 8 heteroatoms. The van der Waals surface area contributed by atoms with Gasteiger partial charge in [-0.1, -0.05) is 0 Å². The maximum Gasteiger partial charge on any atom is 0.245 e. The van der Waals surface area contributed by atoms with Gasteiger partial charge in [0.25, 0.3) is 0 Å². The zero-order valence-electron chi connectivity index (χ0n) is 15.4. The Morgan fingerprint density at radius 2 is 1.88 bits per heavy atom. The van der Waals surface area contributed by atoms with Gasteiger partial charge in [0.2, 0.25) is 5.91 Å². The number of rotatable bonds is 5. The van der Waals surface area contributed by atoms with Gasteiger partial charge >= 0.3 is 0 Å². The van der Waals surface area contributed by atoms with Crippen LogP contribution in [0.5, 0.6) is 0 Å². The second-order valence-corrected chi connectivity index (χ2v) is 6.93. The van der Waals surface area contributed by atoms with Crippen LogP contribution in [0.25, 0.3) is 0 Å². The highest BCUT2D eigenvalue weighted by Crippen LogP contribution is 2.28. The highest BCUT2D eigenvalue weighted by molar-refractivity contribution is 5.98. The molecule has 3 heterocycles. The van der Waals surface area contributed by atoms with Crippen molar-refractivity contribution in [1.29, 1.82) is 0 Å². The SMILES string of the molecule is CNCCC1CCN(C2CCN(c3cc(C)nn3C)C2=O)CC1.Cl.Cl. The first-order valence-corrected chi connectivity index (χ1v) is 8.81. The number of nitrogens with one attached hydrogen (secondary N) is 1. The van der Waals surface area contributed by atoms with E-state index < -0.39 is 0 Å². The van der Waals surface area contributed by atoms with Crippen LogP contribution in [0.2, 0.25) is 0 Å². The molecular weight excluding hydrogens is 361 g/mol. The lowest BCUT2D eigenvalue weighted by molar-refractivity contribution is -0.122. The summed E-state index contributed by atoms with van der Waals surface area (Å²) in [6.07, 6.45) is 4.63. The van der Waals surface area contributed by atoms with E-state index in [-0.39, 0.29) is 36.8 Å². The first-order valence-electron chi connectivity index (χ1n) is 8.81. The number of anilines is 1. The van der Waals surface area contributed by atoms with Gasteiger partial charge in [0.05, 0.1) is 11.7 Å². The normalized spacial score (nSPS) is 22.0. The average molecular weight is 392 g/mol. The Balaban J connectivity index is 0.00000156. The summed E-state index contributed by atoms with van der Waals surface area (Å²) in [6, 6.07) is 2.07. The summed E-state index contributed by atoms with van der Waals surface area (Å²) in [4.78, 5) is 17.2. The number of amides is 1. The van der Waals surface area contributed by atoms with E-state index in [9.17, 15) is 4.79 Å². The van der Waals surface area contributed by atoms with Gasteiger partial charge in [0, 0.05) is 19.7 Å². The van der Waals surface area contributed by atoms with Gasteiger partial charge in [-0.3, -0.25) is 19.3 Å². The van der Waals surface area contributed by atoms with E-state index >= 15 is 0 Å². The smallest absolute Gasteiger partial charge is 0.245 e. The maximum atomic E-state index is 12.9. The molecule has 0 saturated carbocycles. The summed E-state index contributed by atoms with van der Waals surface area (Å²) in [6.45, 7) is 5.99. The minimum atomic E-state index is 0. The molecule has 1 amide bonds. The van der Waals surface area contributed by atoms with Gasteiger partial charge in [0.1, 0.15) is 5.82 Å². The molecule has 0 radical (unpaired) electrons. The summed E-state index contributed by atoms with van der Waals surface area (Å²) < 4.78 is 1.82. The van der Waals surface area contributed by atoms with E-state index in [1.807, 2.05) is 36.7 Å². The number of likely N-dealkylation sites (tertiary alicyclic amines) is 1.